The first-order valence-corrected chi connectivity index (χ1v) is 8.75. The van der Waals surface area contributed by atoms with Crippen LogP contribution in [0.15, 0.2) is 0 Å². The Balaban J connectivity index is 2.19. The van der Waals surface area contributed by atoms with Gasteiger partial charge in [0.05, 0.1) is 13.2 Å². The van der Waals surface area contributed by atoms with Gasteiger partial charge in [0.2, 0.25) is 0 Å². The third-order valence-electron chi connectivity index (χ3n) is 3.97. The van der Waals surface area contributed by atoms with Crippen LogP contribution >= 0.6 is 0 Å². The molecule has 1 aliphatic rings. The molecule has 0 radical (unpaired) electrons. The number of morpholine rings is 1. The minimum Gasteiger partial charge on any atom is -0.444 e. The van der Waals surface area contributed by atoms with Crippen molar-refractivity contribution in [3.8, 4) is 0 Å². The molecular weight excluding hydrogens is 294 g/mol. The predicted octanol–water partition coefficient (Wildman–Crippen LogP) is 1.71. The predicted molar refractivity (Wildman–Crippen MR) is 92.7 cm³/mol. The lowest BCUT2D eigenvalue weighted by Crippen LogP contribution is -2.43. The Morgan fingerprint density at radius 1 is 1.22 bits per heavy atom. The third kappa shape index (κ3) is 9.79. The van der Waals surface area contributed by atoms with Gasteiger partial charge in [0.1, 0.15) is 5.60 Å². The number of ether oxygens (including phenoxy) is 2. The highest BCUT2D eigenvalue weighted by molar-refractivity contribution is 5.67. The molecular formula is C17H35N3O3. The fraction of sp³-hybridized carbons (Fsp3) is 0.941. The first-order chi connectivity index (χ1) is 10.8. The van der Waals surface area contributed by atoms with Gasteiger partial charge in [-0.15, -0.1) is 0 Å². The Bertz CT molecular complexity index is 336. The molecule has 0 aromatic carbocycles. The van der Waals surface area contributed by atoms with E-state index in [1.165, 1.54) is 0 Å². The van der Waals surface area contributed by atoms with E-state index in [0.717, 1.165) is 45.9 Å². The van der Waals surface area contributed by atoms with E-state index in [-0.39, 0.29) is 6.09 Å². The Hall–Kier alpha value is -0.850. The number of carbonyl (C=O) groups is 1. The van der Waals surface area contributed by atoms with Gasteiger partial charge in [-0.05, 0) is 39.2 Å². The molecule has 1 atom stereocenters. The highest BCUT2D eigenvalue weighted by Gasteiger charge is 2.19. The second-order valence-corrected chi connectivity index (χ2v) is 7.55. The lowest BCUT2D eigenvalue weighted by atomic mass is 9.96. The molecule has 1 heterocycles. The number of rotatable bonds is 8. The number of carbonyl (C=O) groups excluding carboxylic acids is 1. The van der Waals surface area contributed by atoms with Gasteiger partial charge in [-0.25, -0.2) is 4.79 Å². The van der Waals surface area contributed by atoms with Crippen LogP contribution in [0.5, 0.6) is 0 Å². The van der Waals surface area contributed by atoms with Gasteiger partial charge in [0, 0.05) is 32.7 Å². The van der Waals surface area contributed by atoms with Crippen LogP contribution in [-0.4, -0.2) is 69.1 Å². The van der Waals surface area contributed by atoms with Crippen LogP contribution in [0.25, 0.3) is 0 Å². The van der Waals surface area contributed by atoms with Crippen molar-refractivity contribution in [3.63, 3.8) is 0 Å². The molecule has 1 fully saturated rings. The van der Waals surface area contributed by atoms with Crippen LogP contribution in [0.2, 0.25) is 0 Å². The zero-order chi connectivity index (χ0) is 17.3. The maximum absolute atomic E-state index is 11.7. The van der Waals surface area contributed by atoms with Gasteiger partial charge in [-0.2, -0.15) is 0 Å². The van der Waals surface area contributed by atoms with Crippen molar-refractivity contribution in [3.05, 3.63) is 0 Å². The zero-order valence-corrected chi connectivity index (χ0v) is 15.5. The van der Waals surface area contributed by atoms with Crippen LogP contribution in [-0.2, 0) is 9.47 Å². The van der Waals surface area contributed by atoms with Crippen molar-refractivity contribution in [1.29, 1.82) is 0 Å². The number of hydrogen-bond donors (Lipinski definition) is 2. The first kappa shape index (κ1) is 20.2. The van der Waals surface area contributed by atoms with Crippen molar-refractivity contribution in [1.82, 2.24) is 15.5 Å². The smallest absolute Gasteiger partial charge is 0.407 e. The van der Waals surface area contributed by atoms with Crippen LogP contribution in [0.4, 0.5) is 4.79 Å². The van der Waals surface area contributed by atoms with Gasteiger partial charge in [-0.3, -0.25) is 4.90 Å². The molecule has 6 heteroatoms. The summed E-state index contributed by atoms with van der Waals surface area (Å²) in [4.78, 5) is 14.2. The number of nitrogens with zero attached hydrogens (tertiary/aromatic N) is 1. The molecule has 0 aromatic heterocycles. The van der Waals surface area contributed by atoms with Crippen molar-refractivity contribution in [2.75, 3.05) is 52.5 Å². The molecule has 6 nitrogen and oxygen atoms in total. The maximum Gasteiger partial charge on any atom is 0.407 e. The minimum absolute atomic E-state index is 0.337. The highest BCUT2D eigenvalue weighted by Crippen LogP contribution is 2.10. The quantitative estimate of drug-likeness (QED) is 0.664. The summed E-state index contributed by atoms with van der Waals surface area (Å²) in [6.07, 6.45) is -0.337. The summed E-state index contributed by atoms with van der Waals surface area (Å²) in [6.45, 7) is 17.3. The van der Waals surface area contributed by atoms with E-state index in [0.29, 0.717) is 18.4 Å². The average molecular weight is 329 g/mol. The van der Waals surface area contributed by atoms with Crippen LogP contribution in [0.1, 0.15) is 34.6 Å². The van der Waals surface area contributed by atoms with Gasteiger partial charge in [-0.1, -0.05) is 13.8 Å². The molecule has 0 aromatic rings. The van der Waals surface area contributed by atoms with Crippen molar-refractivity contribution in [2.24, 2.45) is 11.8 Å². The van der Waals surface area contributed by atoms with E-state index < -0.39 is 5.60 Å². The fourth-order valence-corrected chi connectivity index (χ4v) is 2.42. The Morgan fingerprint density at radius 3 is 2.43 bits per heavy atom. The second kappa shape index (κ2) is 10.1. The van der Waals surface area contributed by atoms with E-state index in [4.69, 9.17) is 9.47 Å². The summed E-state index contributed by atoms with van der Waals surface area (Å²) >= 11 is 0. The Morgan fingerprint density at radius 2 is 1.87 bits per heavy atom. The molecule has 0 aliphatic carbocycles. The maximum atomic E-state index is 11.7. The average Bonchev–Trinajstić information content (AvgIpc) is 2.45. The Kier molecular flexibility index (Phi) is 8.87. The number of hydrogen-bond acceptors (Lipinski definition) is 5. The number of amides is 1. The zero-order valence-electron chi connectivity index (χ0n) is 15.5. The molecule has 1 amide bonds. The molecule has 1 saturated heterocycles. The molecule has 1 unspecified atom stereocenters. The van der Waals surface area contributed by atoms with Gasteiger partial charge in [0.25, 0.3) is 0 Å². The van der Waals surface area contributed by atoms with Crippen LogP contribution < -0.4 is 10.6 Å². The lowest BCUT2D eigenvalue weighted by Gasteiger charge is -2.27. The van der Waals surface area contributed by atoms with Crippen LogP contribution in [0, 0.1) is 11.8 Å². The van der Waals surface area contributed by atoms with Crippen LogP contribution in [0.3, 0.4) is 0 Å². The molecule has 1 rings (SSSR count). The summed E-state index contributed by atoms with van der Waals surface area (Å²) in [7, 11) is 0. The normalized spacial score (nSPS) is 18.0. The summed E-state index contributed by atoms with van der Waals surface area (Å²) in [5.74, 6) is 0.896. The summed E-state index contributed by atoms with van der Waals surface area (Å²) in [6, 6.07) is 0. The molecule has 0 bridgehead atoms. The fourth-order valence-electron chi connectivity index (χ4n) is 2.42. The van der Waals surface area contributed by atoms with Gasteiger partial charge in [0.15, 0.2) is 0 Å². The molecule has 0 spiro atoms. The highest BCUT2D eigenvalue weighted by atomic mass is 16.6. The SMILES string of the molecule is CC(C)C(CNCCN1CCOCC1)CNC(=O)OC(C)(C)C. The number of nitrogens with one attached hydrogen (secondary N) is 2. The molecule has 0 saturated carbocycles. The summed E-state index contributed by atoms with van der Waals surface area (Å²) < 4.78 is 10.6. The van der Waals surface area contributed by atoms with E-state index in [9.17, 15) is 4.79 Å². The molecule has 1 aliphatic heterocycles. The minimum atomic E-state index is -0.451. The van der Waals surface area contributed by atoms with Crippen molar-refractivity contribution < 1.29 is 14.3 Å². The Labute approximate surface area is 141 Å². The van der Waals surface area contributed by atoms with Crippen molar-refractivity contribution in [2.45, 2.75) is 40.2 Å². The van der Waals surface area contributed by atoms with Gasteiger partial charge < -0.3 is 20.1 Å². The summed E-state index contributed by atoms with van der Waals surface area (Å²) in [5.41, 5.74) is -0.451. The standard InChI is InChI=1S/C17H35N3O3/c1-14(2)15(13-19-16(21)23-17(3,4)5)12-18-6-7-20-8-10-22-11-9-20/h14-15,18H,6-13H2,1-5H3,(H,19,21). The van der Waals surface area contributed by atoms with E-state index in [1.807, 2.05) is 20.8 Å². The molecule has 136 valence electrons. The van der Waals surface area contributed by atoms with E-state index in [2.05, 4.69) is 29.4 Å². The second-order valence-electron chi connectivity index (χ2n) is 7.55. The monoisotopic (exact) mass is 329 g/mol. The van der Waals surface area contributed by atoms with Crippen molar-refractivity contribution >= 4 is 6.09 Å². The first-order valence-electron chi connectivity index (χ1n) is 8.75. The largest absolute Gasteiger partial charge is 0.444 e. The van der Waals surface area contributed by atoms with E-state index >= 15 is 0 Å². The topological polar surface area (TPSA) is 62.8 Å². The van der Waals surface area contributed by atoms with Gasteiger partial charge >= 0.3 is 6.09 Å². The molecule has 2 N–H and O–H groups in total. The van der Waals surface area contributed by atoms with E-state index in [1.54, 1.807) is 0 Å². The molecule has 23 heavy (non-hydrogen) atoms. The third-order valence-corrected chi connectivity index (χ3v) is 3.97. The lowest BCUT2D eigenvalue weighted by molar-refractivity contribution is 0.0382. The number of alkyl carbamates (subject to hydrolysis) is 1. The summed E-state index contributed by atoms with van der Waals surface area (Å²) in [5, 5.41) is 6.39.